The highest BCUT2D eigenvalue weighted by molar-refractivity contribution is 6.11. The summed E-state index contributed by atoms with van der Waals surface area (Å²) in [6.07, 6.45) is 5.75. The van der Waals surface area contributed by atoms with E-state index in [-0.39, 0.29) is 0 Å². The molecule has 4 heteroatoms. The summed E-state index contributed by atoms with van der Waals surface area (Å²) in [6.45, 7) is 27.4. The van der Waals surface area contributed by atoms with E-state index in [1.54, 1.807) is 0 Å². The summed E-state index contributed by atoms with van der Waals surface area (Å²) in [7, 11) is 0. The molecule has 0 aliphatic carbocycles. The summed E-state index contributed by atoms with van der Waals surface area (Å²) in [5.74, 6) is 0.356. The first-order valence-corrected chi connectivity index (χ1v) is 25.5. The predicted molar refractivity (Wildman–Crippen MR) is 312 cm³/mol. The van der Waals surface area contributed by atoms with Gasteiger partial charge in [0.15, 0.2) is 0 Å². The van der Waals surface area contributed by atoms with Crippen LogP contribution in [0.4, 0.5) is 17.1 Å². The number of benzene rings is 8. The molecule has 4 nitrogen and oxygen atoms in total. The summed E-state index contributed by atoms with van der Waals surface area (Å²) < 4.78 is 4.76. The standard InChI is InChI=1S/C40H37N3.C15H15N.C8H10.C2H6.C2H4/c1-5-41-37(30(4)34-18-12-13-19-38(34)41)24-21-29(3)42(31-14-8-6-9-15-31)33-22-25-40-36(27-33)35-26-28(2)20-23-39(35)43(40)32-16-10-7-11-17-32;1-3-16-14-7-5-4-6-12(14)13-10-11(2)8-9-15(13)16;1-2-8-6-4-3-5-7-8;2*1-2/h6-27,30H,5H2,1-4H3;4-10H,3H2,1-2H3;3-7H,2H2,1H3;1-2H3;1-2H2/b29-21+,37-24+;;;;. The van der Waals surface area contributed by atoms with Gasteiger partial charge in [0.25, 0.3) is 0 Å². The zero-order valence-electron chi connectivity index (χ0n) is 43.5. The number of likely N-dealkylation sites (N-methyl/N-ethyl adjacent to an activating group) is 1. The number of fused-ring (bicyclic) bond motifs is 7. The first-order valence-electron chi connectivity index (χ1n) is 25.5. The lowest BCUT2D eigenvalue weighted by Crippen LogP contribution is -2.19. The lowest BCUT2D eigenvalue weighted by Gasteiger charge is -2.26. The molecule has 0 saturated carbocycles. The Morgan fingerprint density at radius 3 is 1.68 bits per heavy atom. The van der Waals surface area contributed by atoms with Crippen LogP contribution in [0.5, 0.6) is 0 Å². The molecular weight excluding hydrogens is 861 g/mol. The summed E-state index contributed by atoms with van der Waals surface area (Å²) in [6, 6.07) is 69.6. The van der Waals surface area contributed by atoms with Gasteiger partial charge >= 0.3 is 0 Å². The second-order valence-electron chi connectivity index (χ2n) is 17.6. The van der Waals surface area contributed by atoms with Crippen LogP contribution in [0.1, 0.15) is 76.6 Å². The largest absolute Gasteiger partial charge is 0.345 e. The third kappa shape index (κ3) is 10.8. The molecule has 71 heavy (non-hydrogen) atoms. The fraction of sp³-hybridized carbons (Fsp3) is 0.194. The number of hydrogen-bond acceptors (Lipinski definition) is 2. The first-order chi connectivity index (χ1) is 34.8. The topological polar surface area (TPSA) is 16.3 Å². The summed E-state index contributed by atoms with van der Waals surface area (Å²) in [5.41, 5.74) is 17.8. The maximum atomic E-state index is 3.00. The molecule has 1 aliphatic heterocycles. The predicted octanol–water partition coefficient (Wildman–Crippen LogP) is 18.9. The molecule has 0 N–H and O–H groups in total. The molecule has 1 atom stereocenters. The summed E-state index contributed by atoms with van der Waals surface area (Å²) in [4.78, 5) is 4.82. The molecule has 3 heterocycles. The Balaban J connectivity index is 0.000000215. The SMILES string of the molecule is C=C.CC.CCN1/C(=C/C=C(\C)N(c2ccccc2)c2ccc3c(c2)c2cc(C)ccc2n3-c2ccccc2)C(C)c2ccccc21.CCc1ccccc1.CCn1c2ccccc2c2cc(C)ccc21. The van der Waals surface area contributed by atoms with Gasteiger partial charge in [-0.25, -0.2) is 0 Å². The molecule has 11 rings (SSSR count). The summed E-state index contributed by atoms with van der Waals surface area (Å²) >= 11 is 0. The minimum Gasteiger partial charge on any atom is -0.345 e. The Labute approximate surface area is 424 Å². The molecule has 0 radical (unpaired) electrons. The molecule has 8 aromatic carbocycles. The van der Waals surface area contributed by atoms with Crippen molar-refractivity contribution in [3.8, 4) is 5.69 Å². The number of nitrogens with zero attached hydrogens (tertiary/aromatic N) is 4. The minimum atomic E-state index is 0.356. The van der Waals surface area contributed by atoms with Crippen LogP contribution < -0.4 is 9.80 Å². The molecule has 1 aliphatic rings. The van der Waals surface area contributed by atoms with Crippen LogP contribution in [-0.2, 0) is 13.0 Å². The molecule has 0 fully saturated rings. The molecular formula is C67H72N4. The number of aryl methyl sites for hydroxylation is 4. The molecule has 2 aromatic heterocycles. The van der Waals surface area contributed by atoms with Gasteiger partial charge < -0.3 is 18.9 Å². The monoisotopic (exact) mass is 933 g/mol. The van der Waals surface area contributed by atoms with Crippen molar-refractivity contribution in [2.75, 3.05) is 16.3 Å². The molecule has 1 unspecified atom stereocenters. The Hall–Kier alpha value is -7.82. The van der Waals surface area contributed by atoms with Crippen molar-refractivity contribution in [2.45, 2.75) is 81.2 Å². The average molecular weight is 933 g/mol. The quantitative estimate of drug-likeness (QED) is 0.141. The zero-order valence-corrected chi connectivity index (χ0v) is 43.5. The van der Waals surface area contributed by atoms with Crippen LogP contribution >= 0.6 is 0 Å². The van der Waals surface area contributed by atoms with Crippen LogP contribution in [0, 0.1) is 13.8 Å². The third-order valence-electron chi connectivity index (χ3n) is 13.3. The fourth-order valence-corrected chi connectivity index (χ4v) is 9.97. The van der Waals surface area contributed by atoms with Crippen molar-refractivity contribution in [3.63, 3.8) is 0 Å². The van der Waals surface area contributed by atoms with Gasteiger partial charge in [-0.05, 0) is 143 Å². The zero-order chi connectivity index (χ0) is 50.4. The van der Waals surface area contributed by atoms with Gasteiger partial charge in [0.2, 0.25) is 0 Å². The lowest BCUT2D eigenvalue weighted by atomic mass is 10.0. The Bertz CT molecular complexity index is 3370. The van der Waals surface area contributed by atoms with Crippen molar-refractivity contribution < 1.29 is 0 Å². The molecule has 0 spiro atoms. The number of hydrogen-bond donors (Lipinski definition) is 0. The highest BCUT2D eigenvalue weighted by Crippen LogP contribution is 2.43. The van der Waals surface area contributed by atoms with E-state index in [4.69, 9.17) is 0 Å². The van der Waals surface area contributed by atoms with E-state index in [0.29, 0.717) is 5.92 Å². The van der Waals surface area contributed by atoms with E-state index in [0.717, 1.165) is 30.9 Å². The number of para-hydroxylation sites is 4. The van der Waals surface area contributed by atoms with E-state index in [1.807, 2.05) is 19.9 Å². The Morgan fingerprint density at radius 1 is 0.535 bits per heavy atom. The van der Waals surface area contributed by atoms with Crippen molar-refractivity contribution in [2.24, 2.45) is 0 Å². The minimum absolute atomic E-state index is 0.356. The smallest absolute Gasteiger partial charge is 0.0542 e. The second kappa shape index (κ2) is 24.1. The lowest BCUT2D eigenvalue weighted by molar-refractivity contribution is 0.827. The third-order valence-corrected chi connectivity index (χ3v) is 13.3. The van der Waals surface area contributed by atoms with Crippen molar-refractivity contribution in [1.29, 1.82) is 0 Å². The first kappa shape index (κ1) is 51.0. The van der Waals surface area contributed by atoms with Crippen LogP contribution in [0.25, 0.3) is 49.3 Å². The van der Waals surface area contributed by atoms with Gasteiger partial charge in [-0.1, -0.05) is 154 Å². The highest BCUT2D eigenvalue weighted by atomic mass is 15.2. The Kier molecular flexibility index (Phi) is 17.4. The second-order valence-corrected chi connectivity index (χ2v) is 17.6. The number of aromatic nitrogens is 2. The molecule has 0 bridgehead atoms. The van der Waals surface area contributed by atoms with Gasteiger partial charge in [-0.15, -0.1) is 13.2 Å². The van der Waals surface area contributed by atoms with Gasteiger partial charge in [0.05, 0.1) is 11.0 Å². The van der Waals surface area contributed by atoms with E-state index in [2.05, 4.69) is 281 Å². The van der Waals surface area contributed by atoms with Gasteiger partial charge in [-0.2, -0.15) is 0 Å². The highest BCUT2D eigenvalue weighted by Gasteiger charge is 2.29. The molecule has 10 aromatic rings. The van der Waals surface area contributed by atoms with Crippen molar-refractivity contribution >= 4 is 60.7 Å². The van der Waals surface area contributed by atoms with Crippen LogP contribution in [0.2, 0.25) is 0 Å². The number of rotatable bonds is 8. The van der Waals surface area contributed by atoms with Crippen LogP contribution in [-0.4, -0.2) is 15.7 Å². The van der Waals surface area contributed by atoms with E-state index in [1.165, 1.54) is 88.6 Å². The maximum Gasteiger partial charge on any atom is 0.0542 e. The van der Waals surface area contributed by atoms with Gasteiger partial charge in [-0.3, -0.25) is 0 Å². The van der Waals surface area contributed by atoms with E-state index >= 15 is 0 Å². The van der Waals surface area contributed by atoms with Crippen molar-refractivity contribution in [1.82, 2.24) is 9.13 Å². The van der Waals surface area contributed by atoms with E-state index < -0.39 is 0 Å². The van der Waals surface area contributed by atoms with Crippen LogP contribution in [0.3, 0.4) is 0 Å². The number of anilines is 3. The van der Waals surface area contributed by atoms with Gasteiger partial charge in [0, 0.05) is 85.7 Å². The van der Waals surface area contributed by atoms with Crippen molar-refractivity contribution in [3.05, 3.63) is 253 Å². The fourth-order valence-electron chi connectivity index (χ4n) is 9.97. The van der Waals surface area contributed by atoms with Crippen LogP contribution in [0.15, 0.2) is 231 Å². The molecule has 0 saturated heterocycles. The normalized spacial score (nSPS) is 13.4. The summed E-state index contributed by atoms with van der Waals surface area (Å²) in [5, 5.41) is 5.26. The molecule has 360 valence electrons. The van der Waals surface area contributed by atoms with E-state index in [9.17, 15) is 0 Å². The average Bonchev–Trinajstić information content (AvgIpc) is 4.03. The molecule has 0 amide bonds. The van der Waals surface area contributed by atoms with Gasteiger partial charge in [0.1, 0.15) is 0 Å². The number of allylic oxidation sites excluding steroid dienone is 4. The Morgan fingerprint density at radius 2 is 1.06 bits per heavy atom. The maximum absolute atomic E-state index is 3.00.